The SMILES string of the molecule is O=C1c2ccccc2S(=O)(=O)N1CCCI. The number of alkyl halides is 1. The van der Waals surface area contributed by atoms with E-state index in [1.165, 1.54) is 6.07 Å². The van der Waals surface area contributed by atoms with Crippen LogP contribution in [0.4, 0.5) is 0 Å². The summed E-state index contributed by atoms with van der Waals surface area (Å²) >= 11 is 2.16. The zero-order valence-corrected chi connectivity index (χ0v) is 11.4. The topological polar surface area (TPSA) is 54.5 Å². The van der Waals surface area contributed by atoms with Crippen LogP contribution in [0, 0.1) is 0 Å². The molecule has 0 aromatic heterocycles. The van der Waals surface area contributed by atoms with Crippen LogP contribution in [0.1, 0.15) is 16.8 Å². The molecule has 1 aliphatic heterocycles. The summed E-state index contributed by atoms with van der Waals surface area (Å²) < 4.78 is 25.8. The van der Waals surface area contributed by atoms with Crippen LogP contribution < -0.4 is 0 Å². The minimum atomic E-state index is -3.59. The molecule has 0 saturated heterocycles. The van der Waals surface area contributed by atoms with Gasteiger partial charge in [-0.1, -0.05) is 34.7 Å². The number of hydrogen-bond acceptors (Lipinski definition) is 3. The maximum atomic E-state index is 12.0. The van der Waals surface area contributed by atoms with Gasteiger partial charge in [-0.3, -0.25) is 4.79 Å². The van der Waals surface area contributed by atoms with Crippen LogP contribution in [0.3, 0.4) is 0 Å². The number of carbonyl (C=O) groups excluding carboxylic acids is 1. The quantitative estimate of drug-likeness (QED) is 0.615. The molecule has 2 rings (SSSR count). The molecule has 0 radical (unpaired) electrons. The van der Waals surface area contributed by atoms with E-state index < -0.39 is 15.9 Å². The van der Waals surface area contributed by atoms with Crippen LogP contribution in [-0.2, 0) is 10.0 Å². The second-order valence-corrected chi connectivity index (χ2v) is 6.33. The van der Waals surface area contributed by atoms with Gasteiger partial charge in [0.15, 0.2) is 0 Å². The first-order valence-electron chi connectivity index (χ1n) is 4.81. The van der Waals surface area contributed by atoms with Crippen molar-refractivity contribution in [2.24, 2.45) is 0 Å². The Morgan fingerprint density at radius 3 is 2.56 bits per heavy atom. The van der Waals surface area contributed by atoms with Gasteiger partial charge < -0.3 is 0 Å². The van der Waals surface area contributed by atoms with Gasteiger partial charge in [0.1, 0.15) is 4.90 Å². The van der Waals surface area contributed by atoms with Crippen molar-refractivity contribution in [3.63, 3.8) is 0 Å². The lowest BCUT2D eigenvalue weighted by molar-refractivity contribution is 0.0871. The van der Waals surface area contributed by atoms with Crippen LogP contribution in [0.2, 0.25) is 0 Å². The van der Waals surface area contributed by atoms with Crippen molar-refractivity contribution in [1.82, 2.24) is 4.31 Å². The number of amides is 1. The van der Waals surface area contributed by atoms with Gasteiger partial charge in [0, 0.05) is 11.0 Å². The Kier molecular flexibility index (Phi) is 3.20. The van der Waals surface area contributed by atoms with Crippen LogP contribution in [0.15, 0.2) is 29.2 Å². The maximum absolute atomic E-state index is 12.0. The fourth-order valence-corrected chi connectivity index (χ4v) is 3.60. The number of sulfonamides is 1. The van der Waals surface area contributed by atoms with E-state index in [2.05, 4.69) is 22.6 Å². The lowest BCUT2D eigenvalue weighted by Crippen LogP contribution is -2.31. The second kappa shape index (κ2) is 4.33. The molecule has 0 N–H and O–H groups in total. The Balaban J connectivity index is 2.46. The van der Waals surface area contributed by atoms with Gasteiger partial charge in [-0.2, -0.15) is 0 Å². The third-order valence-corrected chi connectivity index (χ3v) is 5.01. The number of nitrogens with zero attached hydrogens (tertiary/aromatic N) is 1. The molecule has 4 nitrogen and oxygen atoms in total. The van der Waals surface area contributed by atoms with Crippen molar-refractivity contribution >= 4 is 38.5 Å². The zero-order chi connectivity index (χ0) is 11.8. The van der Waals surface area contributed by atoms with Crippen molar-refractivity contribution in [2.45, 2.75) is 11.3 Å². The van der Waals surface area contributed by atoms with Crippen LogP contribution >= 0.6 is 22.6 Å². The predicted octanol–water partition coefficient (Wildman–Crippen LogP) is 1.66. The summed E-state index contributed by atoms with van der Waals surface area (Å²) in [6.45, 7) is 0.263. The largest absolute Gasteiger partial charge is 0.269 e. The first-order valence-corrected chi connectivity index (χ1v) is 7.77. The summed E-state index contributed by atoms with van der Waals surface area (Å²) in [5, 5.41) is 0. The molecule has 1 aromatic carbocycles. The molecule has 0 unspecified atom stereocenters. The van der Waals surface area contributed by atoms with Crippen molar-refractivity contribution in [1.29, 1.82) is 0 Å². The van der Waals surface area contributed by atoms with Gasteiger partial charge >= 0.3 is 0 Å². The van der Waals surface area contributed by atoms with Crippen LogP contribution in [-0.4, -0.2) is 29.6 Å². The smallest absolute Gasteiger partial charge is 0.268 e. The summed E-state index contributed by atoms with van der Waals surface area (Å²) in [6.07, 6.45) is 0.680. The Labute approximate surface area is 108 Å². The van der Waals surface area contributed by atoms with E-state index in [0.717, 1.165) is 8.73 Å². The molecule has 0 aliphatic carbocycles. The normalized spacial score (nSPS) is 17.6. The summed E-state index contributed by atoms with van der Waals surface area (Å²) in [6, 6.07) is 6.34. The van der Waals surface area contributed by atoms with Gasteiger partial charge in [0.25, 0.3) is 15.9 Å². The van der Waals surface area contributed by atoms with Crippen molar-refractivity contribution in [2.75, 3.05) is 11.0 Å². The molecule has 0 spiro atoms. The highest BCUT2D eigenvalue weighted by molar-refractivity contribution is 14.1. The standard InChI is InChI=1S/C10H10INO3S/c11-6-3-7-12-10(13)8-4-1-2-5-9(8)16(12,14)15/h1-2,4-5H,3,6-7H2. The highest BCUT2D eigenvalue weighted by Crippen LogP contribution is 2.29. The second-order valence-electron chi connectivity index (χ2n) is 3.42. The Morgan fingerprint density at radius 1 is 1.25 bits per heavy atom. The molecule has 86 valence electrons. The third kappa shape index (κ3) is 1.73. The molecular formula is C10H10INO3S. The molecule has 1 aromatic rings. The fourth-order valence-electron chi connectivity index (χ4n) is 1.66. The van der Waals surface area contributed by atoms with E-state index in [-0.39, 0.29) is 17.0 Å². The van der Waals surface area contributed by atoms with Crippen molar-refractivity contribution in [3.05, 3.63) is 29.8 Å². The summed E-state index contributed by atoms with van der Waals surface area (Å²) in [5.41, 5.74) is 0.288. The molecule has 0 atom stereocenters. The molecule has 1 heterocycles. The predicted molar refractivity (Wildman–Crippen MR) is 68.2 cm³/mol. The number of fused-ring (bicyclic) bond motifs is 1. The number of hydrogen-bond donors (Lipinski definition) is 0. The third-order valence-electron chi connectivity index (χ3n) is 2.41. The summed E-state index contributed by atoms with van der Waals surface area (Å²) in [5.74, 6) is -0.402. The first kappa shape index (κ1) is 11.8. The van der Waals surface area contributed by atoms with Gasteiger partial charge in [0.2, 0.25) is 0 Å². The number of halogens is 1. The number of rotatable bonds is 3. The van der Waals surface area contributed by atoms with Gasteiger partial charge in [-0.05, 0) is 18.6 Å². The number of benzene rings is 1. The van der Waals surface area contributed by atoms with E-state index in [1.54, 1.807) is 18.2 Å². The Hall–Kier alpha value is -0.630. The lowest BCUT2D eigenvalue weighted by atomic mass is 10.2. The molecule has 1 aliphatic rings. The average molecular weight is 351 g/mol. The monoisotopic (exact) mass is 351 g/mol. The van der Waals surface area contributed by atoms with E-state index >= 15 is 0 Å². The highest BCUT2D eigenvalue weighted by Gasteiger charge is 2.40. The lowest BCUT2D eigenvalue weighted by Gasteiger charge is -2.13. The zero-order valence-electron chi connectivity index (χ0n) is 8.39. The van der Waals surface area contributed by atoms with E-state index in [1.807, 2.05) is 0 Å². The number of carbonyl (C=O) groups is 1. The minimum Gasteiger partial charge on any atom is -0.268 e. The molecule has 0 bridgehead atoms. The highest BCUT2D eigenvalue weighted by atomic mass is 127. The summed E-state index contributed by atoms with van der Waals surface area (Å²) in [4.78, 5) is 12.0. The minimum absolute atomic E-state index is 0.133. The molecule has 6 heteroatoms. The molecule has 1 amide bonds. The first-order chi connectivity index (χ1) is 7.59. The molecule has 16 heavy (non-hydrogen) atoms. The van der Waals surface area contributed by atoms with Crippen LogP contribution in [0.5, 0.6) is 0 Å². The molecular weight excluding hydrogens is 341 g/mol. The maximum Gasteiger partial charge on any atom is 0.269 e. The van der Waals surface area contributed by atoms with Gasteiger partial charge in [-0.15, -0.1) is 0 Å². The average Bonchev–Trinajstić information content (AvgIpc) is 2.46. The summed E-state index contributed by atoms with van der Waals surface area (Å²) in [7, 11) is -3.59. The van der Waals surface area contributed by atoms with Gasteiger partial charge in [0.05, 0.1) is 5.56 Å². The molecule has 0 fully saturated rings. The van der Waals surface area contributed by atoms with Gasteiger partial charge in [-0.25, -0.2) is 12.7 Å². The molecule has 0 saturated carbocycles. The van der Waals surface area contributed by atoms with Crippen molar-refractivity contribution in [3.8, 4) is 0 Å². The van der Waals surface area contributed by atoms with E-state index in [9.17, 15) is 13.2 Å². The van der Waals surface area contributed by atoms with E-state index in [4.69, 9.17) is 0 Å². The van der Waals surface area contributed by atoms with E-state index in [0.29, 0.717) is 6.42 Å². The Bertz CT molecular complexity index is 527. The Morgan fingerprint density at radius 2 is 1.94 bits per heavy atom. The van der Waals surface area contributed by atoms with Crippen LogP contribution in [0.25, 0.3) is 0 Å². The fraction of sp³-hybridized carbons (Fsp3) is 0.300. The van der Waals surface area contributed by atoms with Crippen molar-refractivity contribution < 1.29 is 13.2 Å².